The van der Waals surface area contributed by atoms with Crippen molar-refractivity contribution in [2.45, 2.75) is 171 Å². The Hall–Kier alpha value is -5.90. The Morgan fingerprint density at radius 1 is 0.539 bits per heavy atom. The summed E-state index contributed by atoms with van der Waals surface area (Å²) in [5.41, 5.74) is 18.1. The van der Waals surface area contributed by atoms with Crippen molar-refractivity contribution in [1.29, 1.82) is 0 Å². The number of aromatic carboxylic acids is 1. The van der Waals surface area contributed by atoms with Gasteiger partial charge >= 0.3 is 5.97 Å². The van der Waals surface area contributed by atoms with Crippen molar-refractivity contribution in [2.24, 2.45) is 16.2 Å². The molecule has 4 aromatic heterocycles. The van der Waals surface area contributed by atoms with E-state index >= 15 is 0 Å². The zero-order chi connectivity index (χ0) is 61.0. The van der Waals surface area contributed by atoms with Gasteiger partial charge in [-0.25, -0.2) is 9.78 Å². The Morgan fingerprint density at radius 2 is 1.08 bits per heavy atom. The van der Waals surface area contributed by atoms with E-state index in [0.717, 1.165) is 59.7 Å². The molecule has 0 bridgehead atoms. The first kappa shape index (κ1) is 72.2. The van der Waals surface area contributed by atoms with E-state index in [1.807, 2.05) is 30.5 Å². The molecule has 9 aromatic rings. The van der Waals surface area contributed by atoms with Crippen molar-refractivity contribution in [3.63, 3.8) is 0 Å². The Bertz CT molecular complexity index is 3690. The molecule has 1 N–H and O–H groups in total. The van der Waals surface area contributed by atoms with E-state index in [1.165, 1.54) is 158 Å². The SMILES string of the molecule is CC1(Cc2ccnc(-c3[c-]cc(F)cc3F)c2)CCCCC1.Cc1cc(C)c(-n2cc(CC3(C)CCCC3)nc2-c2[c-]cccc2)c(C)c1.Cc1cc(C)c(-n2ccnc2-c2[c-]ccc(CC3(C)CCCCC3)c2)c(C)c1.O=C(O)c1ccccn1.[Ir].[Ir].[Ir]. The number of aromatic nitrogens is 6. The molecule has 13 heteroatoms. The number of nitrogens with zero attached hydrogens (tertiary/aromatic N) is 6. The van der Waals surface area contributed by atoms with Crippen LogP contribution in [0.2, 0.25) is 0 Å². The third kappa shape index (κ3) is 19.3. The van der Waals surface area contributed by atoms with Gasteiger partial charge in [0.2, 0.25) is 0 Å². The molecule has 3 aliphatic carbocycles. The molecule has 0 amide bonds. The Balaban J connectivity index is 0.000000196. The molecule has 8 nitrogen and oxygen atoms in total. The molecule has 5 aromatic carbocycles. The summed E-state index contributed by atoms with van der Waals surface area (Å²) in [4.78, 5) is 27.7. The maximum absolute atomic E-state index is 13.9. The van der Waals surface area contributed by atoms with Gasteiger partial charge in [0, 0.05) is 120 Å². The molecule has 12 rings (SSSR count). The standard InChI is InChI=1S/C26H31N2.C25H29N2.C19H20F2N.C6H5NO2.3Ir/c1-19-15-20(2)24(21(3)16-19)28-14-13-27-25(28)23-10-8-9-22(17-23)18-26(4)11-6-5-7-12-26;1-18-14-19(2)23(20(3)15-18)27-17-22(16-25(4)12-8-9-13-25)26-24(27)21-10-6-5-7-11-21;1-19(8-3-2-4-9-19)13-14-7-10-22-18(11-14)16-6-5-15(20)12-17(16)21;8-6(9)5-3-1-2-4-7-5;;;/h8-9,13-17H,5-7,11-12,18H2,1-4H3;5-7,10,14-15,17H,8-9,12-13,16H2,1-4H3;5,7,10-12H,2-4,8-9,13H2,1H3;1-4H,(H,8,9);;;/q3*-1;;;;. The van der Waals surface area contributed by atoms with Gasteiger partial charge in [-0.05, 0) is 162 Å². The van der Waals surface area contributed by atoms with Crippen LogP contribution in [0.25, 0.3) is 45.4 Å². The van der Waals surface area contributed by atoms with Gasteiger partial charge in [-0.3, -0.25) is 18.7 Å². The Labute approximate surface area is 568 Å². The van der Waals surface area contributed by atoms with Crippen LogP contribution in [0.3, 0.4) is 0 Å². The van der Waals surface area contributed by atoms with Gasteiger partial charge < -0.3 is 19.2 Å². The Kier molecular flexibility index (Phi) is 26.7. The average Bonchev–Trinajstić information content (AvgIpc) is 2.34. The maximum atomic E-state index is 13.9. The number of imidazole rings is 2. The van der Waals surface area contributed by atoms with Gasteiger partial charge in [0.1, 0.15) is 5.69 Å². The molecule has 0 spiro atoms. The molecule has 4 heterocycles. The van der Waals surface area contributed by atoms with Crippen molar-refractivity contribution < 1.29 is 79.0 Å². The molecular weight excluding hydrogens is 1640 g/mol. The van der Waals surface area contributed by atoms with Crippen LogP contribution in [0.4, 0.5) is 8.78 Å². The van der Waals surface area contributed by atoms with Gasteiger partial charge in [0.25, 0.3) is 0 Å². The van der Waals surface area contributed by atoms with Gasteiger partial charge in [-0.2, -0.15) is 0 Å². The number of rotatable bonds is 12. The first-order valence-corrected chi connectivity index (χ1v) is 31.0. The van der Waals surface area contributed by atoms with Crippen molar-refractivity contribution >= 4 is 5.97 Å². The van der Waals surface area contributed by atoms with Gasteiger partial charge in [0.15, 0.2) is 0 Å². The number of benzene rings is 5. The fourth-order valence-electron chi connectivity index (χ4n) is 13.8. The van der Waals surface area contributed by atoms with E-state index < -0.39 is 17.6 Å². The second-order valence-corrected chi connectivity index (χ2v) is 25.8. The van der Waals surface area contributed by atoms with Crippen molar-refractivity contribution in [3.8, 4) is 45.4 Å². The van der Waals surface area contributed by atoms with Crippen LogP contribution in [-0.2, 0) is 79.6 Å². The van der Waals surface area contributed by atoms with Gasteiger partial charge in [0.05, 0.1) is 11.6 Å². The fourth-order valence-corrected chi connectivity index (χ4v) is 13.8. The van der Waals surface area contributed by atoms with E-state index in [1.54, 1.807) is 18.3 Å². The number of carboxylic acid groups (broad SMARTS) is 1. The van der Waals surface area contributed by atoms with E-state index in [9.17, 15) is 13.6 Å². The van der Waals surface area contributed by atoms with Crippen LogP contribution in [-0.4, -0.2) is 40.1 Å². The second kappa shape index (κ2) is 32.9. The molecule has 89 heavy (non-hydrogen) atoms. The summed E-state index contributed by atoms with van der Waals surface area (Å²) in [7, 11) is 0. The van der Waals surface area contributed by atoms with Crippen LogP contribution in [0.1, 0.15) is 171 Å². The largest absolute Gasteiger partial charge is 0.477 e. The van der Waals surface area contributed by atoms with Crippen LogP contribution >= 0.6 is 0 Å². The predicted molar refractivity (Wildman–Crippen MR) is 344 cm³/mol. The molecule has 0 aliphatic heterocycles. The molecule has 3 saturated carbocycles. The van der Waals surface area contributed by atoms with Crippen molar-refractivity contribution in [1.82, 2.24) is 29.1 Å². The molecule has 0 saturated heterocycles. The molecule has 3 fully saturated rings. The Morgan fingerprint density at radius 3 is 1.61 bits per heavy atom. The summed E-state index contributed by atoms with van der Waals surface area (Å²) in [5, 5.41) is 8.32. The van der Waals surface area contributed by atoms with E-state index in [2.05, 4.69) is 167 Å². The summed E-state index contributed by atoms with van der Waals surface area (Å²) >= 11 is 0. The second-order valence-electron chi connectivity index (χ2n) is 25.8. The number of aryl methyl sites for hydroxylation is 6. The maximum Gasteiger partial charge on any atom is 0.354 e. The molecular formula is C76H85F2Ir3N6O2-3. The third-order valence-corrected chi connectivity index (χ3v) is 17.8. The monoisotopic (exact) mass is 1730 g/mol. The van der Waals surface area contributed by atoms with Gasteiger partial charge in [-0.1, -0.05) is 137 Å². The van der Waals surface area contributed by atoms with Crippen molar-refractivity contribution in [2.75, 3.05) is 0 Å². The normalized spacial score (nSPS) is 15.2. The first-order valence-electron chi connectivity index (χ1n) is 31.0. The van der Waals surface area contributed by atoms with Crippen molar-refractivity contribution in [3.05, 3.63) is 226 Å². The first-order chi connectivity index (χ1) is 41.3. The van der Waals surface area contributed by atoms with E-state index in [0.29, 0.717) is 21.9 Å². The van der Waals surface area contributed by atoms with Crippen LogP contribution in [0.5, 0.6) is 0 Å². The summed E-state index contributed by atoms with van der Waals surface area (Å²) in [5.74, 6) is -0.246. The van der Waals surface area contributed by atoms with Crippen LogP contribution in [0.15, 0.2) is 140 Å². The fraction of sp³-hybridized carbons (Fsp3) is 0.382. The quantitative estimate of drug-likeness (QED) is 0.122. The minimum atomic E-state index is -0.990. The van der Waals surface area contributed by atoms with Crippen LogP contribution < -0.4 is 0 Å². The molecule has 0 atom stereocenters. The zero-order valence-corrected chi connectivity index (χ0v) is 60.3. The van der Waals surface area contributed by atoms with E-state index in [-0.39, 0.29) is 71.6 Å². The summed E-state index contributed by atoms with van der Waals surface area (Å²) in [6, 6.07) is 43.9. The number of hydrogen-bond donors (Lipinski definition) is 1. The molecule has 0 unspecified atom stereocenters. The number of carboxylic acids is 1. The number of hydrogen-bond acceptors (Lipinski definition) is 5. The summed E-state index contributed by atoms with van der Waals surface area (Å²) < 4.78 is 31.4. The summed E-state index contributed by atoms with van der Waals surface area (Å²) in [6.45, 7) is 20.3. The topological polar surface area (TPSA) is 98.7 Å². The number of halogens is 2. The number of carbonyl (C=O) groups is 1. The average molecular weight is 1730 g/mol. The van der Waals surface area contributed by atoms with E-state index in [4.69, 9.17) is 15.1 Å². The minimum absolute atomic E-state index is 0. The molecule has 3 radical (unpaired) electrons. The van der Waals surface area contributed by atoms with Gasteiger partial charge in [-0.15, -0.1) is 83.4 Å². The molecule has 475 valence electrons. The smallest absolute Gasteiger partial charge is 0.354 e. The van der Waals surface area contributed by atoms with Crippen LogP contribution in [0, 0.1) is 87.6 Å². The number of pyridine rings is 2. The predicted octanol–water partition coefficient (Wildman–Crippen LogP) is 19.3. The molecule has 3 aliphatic rings. The zero-order valence-electron chi connectivity index (χ0n) is 53.1. The summed E-state index contributed by atoms with van der Waals surface area (Å²) in [6.07, 6.45) is 31.1. The third-order valence-electron chi connectivity index (χ3n) is 17.8. The minimum Gasteiger partial charge on any atom is -0.477 e.